The van der Waals surface area contributed by atoms with Crippen LogP contribution in [0, 0.1) is 0 Å². The van der Waals surface area contributed by atoms with E-state index in [9.17, 15) is 4.79 Å². The first-order chi connectivity index (χ1) is 10.8. The number of aromatic nitrogens is 2. The largest absolute Gasteiger partial charge is 0.497 e. The first-order valence-corrected chi connectivity index (χ1v) is 7.06. The Bertz CT molecular complexity index is 828. The van der Waals surface area contributed by atoms with Crippen LogP contribution in [0.3, 0.4) is 0 Å². The average Bonchev–Trinajstić information content (AvgIpc) is 2.56. The smallest absolute Gasteiger partial charge is 0.252 e. The van der Waals surface area contributed by atoms with Gasteiger partial charge in [-0.05, 0) is 35.2 Å². The average molecular weight is 295 g/mol. The normalized spacial score (nSPS) is 10.8. The Morgan fingerprint density at radius 3 is 2.91 bits per heavy atom. The highest BCUT2D eigenvalue weighted by molar-refractivity contribution is 5.80. The summed E-state index contributed by atoms with van der Waals surface area (Å²) in [5, 5.41) is 4.25. The molecular weight excluding hydrogens is 278 g/mol. The topological polar surface area (TPSA) is 67.0 Å². The Morgan fingerprint density at radius 2 is 2.14 bits per heavy atom. The molecule has 5 nitrogen and oxygen atoms in total. The van der Waals surface area contributed by atoms with Crippen molar-refractivity contribution < 1.29 is 4.74 Å². The second-order valence-electron chi connectivity index (χ2n) is 5.04. The molecule has 0 unspecified atom stereocenters. The number of nitrogens with zero attached hydrogens (tertiary/aromatic N) is 1. The minimum absolute atomic E-state index is 0.0839. The molecule has 112 valence electrons. The quantitative estimate of drug-likeness (QED) is 0.757. The van der Waals surface area contributed by atoms with Gasteiger partial charge in [-0.2, -0.15) is 0 Å². The van der Waals surface area contributed by atoms with E-state index in [1.54, 1.807) is 13.3 Å². The Kier molecular flexibility index (Phi) is 4.16. The van der Waals surface area contributed by atoms with Gasteiger partial charge in [0.05, 0.1) is 12.6 Å². The number of H-pyrrole nitrogens is 1. The monoisotopic (exact) mass is 295 g/mol. The number of benzene rings is 1. The molecule has 0 fully saturated rings. The lowest BCUT2D eigenvalue weighted by Crippen LogP contribution is -2.20. The lowest BCUT2D eigenvalue weighted by molar-refractivity contribution is 0.415. The van der Waals surface area contributed by atoms with E-state index in [4.69, 9.17) is 4.74 Å². The molecule has 1 aromatic carbocycles. The molecule has 0 aliphatic heterocycles. The number of methoxy groups -OCH3 is 1. The lowest BCUT2D eigenvalue weighted by Gasteiger charge is -2.07. The molecule has 0 radical (unpaired) electrons. The van der Waals surface area contributed by atoms with Gasteiger partial charge in [-0.15, -0.1) is 0 Å². The van der Waals surface area contributed by atoms with Crippen LogP contribution in [0.4, 0.5) is 0 Å². The minimum atomic E-state index is -0.0839. The molecule has 0 saturated carbocycles. The highest BCUT2D eigenvalue weighted by Crippen LogP contribution is 2.18. The predicted octanol–water partition coefficient (Wildman–Crippen LogP) is 2.22. The number of aromatic amines is 1. The van der Waals surface area contributed by atoms with E-state index in [0.717, 1.165) is 22.2 Å². The van der Waals surface area contributed by atoms with E-state index < -0.39 is 0 Å². The van der Waals surface area contributed by atoms with Crippen LogP contribution in [0.2, 0.25) is 0 Å². The van der Waals surface area contributed by atoms with Gasteiger partial charge in [0.2, 0.25) is 0 Å². The molecule has 0 bridgehead atoms. The number of ether oxygens (including phenoxy) is 1. The third-order valence-electron chi connectivity index (χ3n) is 3.50. The van der Waals surface area contributed by atoms with E-state index in [1.807, 2.05) is 42.6 Å². The Labute approximate surface area is 128 Å². The second-order valence-corrected chi connectivity index (χ2v) is 5.04. The summed E-state index contributed by atoms with van der Waals surface area (Å²) in [5.41, 5.74) is 2.49. The maximum absolute atomic E-state index is 12.1. The molecule has 2 N–H and O–H groups in total. The molecule has 0 saturated heterocycles. The van der Waals surface area contributed by atoms with Gasteiger partial charge in [0.25, 0.3) is 5.56 Å². The van der Waals surface area contributed by atoms with E-state index in [2.05, 4.69) is 15.3 Å². The summed E-state index contributed by atoms with van der Waals surface area (Å²) in [5.74, 6) is 0.727. The van der Waals surface area contributed by atoms with Crippen molar-refractivity contribution in [2.24, 2.45) is 0 Å². The van der Waals surface area contributed by atoms with Crippen LogP contribution >= 0.6 is 0 Å². The standard InChI is InChI=1S/C17H17N3O2/c1-22-15-5-4-13-7-14(17(21)20-16(13)8-15)11-19-10-12-3-2-6-18-9-12/h2-9,19H,10-11H2,1H3,(H,20,21). The van der Waals surface area contributed by atoms with Crippen molar-refractivity contribution in [3.05, 3.63) is 70.3 Å². The van der Waals surface area contributed by atoms with Crippen LogP contribution in [0.1, 0.15) is 11.1 Å². The molecule has 5 heteroatoms. The fourth-order valence-electron chi connectivity index (χ4n) is 2.33. The summed E-state index contributed by atoms with van der Waals surface area (Å²) in [7, 11) is 1.61. The van der Waals surface area contributed by atoms with Crippen molar-refractivity contribution >= 4 is 10.9 Å². The fraction of sp³-hybridized carbons (Fsp3) is 0.176. The van der Waals surface area contributed by atoms with Crippen molar-refractivity contribution in [2.75, 3.05) is 7.11 Å². The molecule has 0 aliphatic carbocycles. The first-order valence-electron chi connectivity index (χ1n) is 7.06. The number of rotatable bonds is 5. The van der Waals surface area contributed by atoms with Gasteiger partial charge in [-0.3, -0.25) is 9.78 Å². The zero-order chi connectivity index (χ0) is 15.4. The third kappa shape index (κ3) is 3.15. The first kappa shape index (κ1) is 14.3. The summed E-state index contributed by atoms with van der Waals surface area (Å²) in [6.45, 7) is 1.18. The Morgan fingerprint density at radius 1 is 1.23 bits per heavy atom. The summed E-state index contributed by atoms with van der Waals surface area (Å²) in [6.07, 6.45) is 3.55. The van der Waals surface area contributed by atoms with Crippen LogP contribution in [0.25, 0.3) is 10.9 Å². The number of fused-ring (bicyclic) bond motifs is 1. The molecule has 0 amide bonds. The van der Waals surface area contributed by atoms with Gasteiger partial charge in [0.15, 0.2) is 0 Å². The van der Waals surface area contributed by atoms with Crippen LogP contribution in [-0.4, -0.2) is 17.1 Å². The van der Waals surface area contributed by atoms with E-state index in [1.165, 1.54) is 0 Å². The molecule has 22 heavy (non-hydrogen) atoms. The summed E-state index contributed by atoms with van der Waals surface area (Å²) in [6, 6.07) is 11.4. The highest BCUT2D eigenvalue weighted by atomic mass is 16.5. The van der Waals surface area contributed by atoms with Crippen molar-refractivity contribution in [1.29, 1.82) is 0 Å². The van der Waals surface area contributed by atoms with Crippen molar-refractivity contribution in [3.63, 3.8) is 0 Å². The predicted molar refractivity (Wildman–Crippen MR) is 85.9 cm³/mol. The van der Waals surface area contributed by atoms with Gasteiger partial charge >= 0.3 is 0 Å². The van der Waals surface area contributed by atoms with Crippen LogP contribution in [0.5, 0.6) is 5.75 Å². The van der Waals surface area contributed by atoms with Crippen molar-refractivity contribution in [3.8, 4) is 5.75 Å². The Balaban J connectivity index is 1.76. The second kappa shape index (κ2) is 6.41. The summed E-state index contributed by atoms with van der Waals surface area (Å²) in [4.78, 5) is 19.1. The van der Waals surface area contributed by atoms with Gasteiger partial charge in [0, 0.05) is 37.1 Å². The Hall–Kier alpha value is -2.66. The van der Waals surface area contributed by atoms with Crippen LogP contribution in [0.15, 0.2) is 53.6 Å². The SMILES string of the molecule is COc1ccc2cc(CNCc3cccnc3)c(=O)[nH]c2c1. The van der Waals surface area contributed by atoms with Gasteiger partial charge in [0.1, 0.15) is 5.75 Å². The molecule has 2 aromatic heterocycles. The maximum Gasteiger partial charge on any atom is 0.252 e. The fourth-order valence-corrected chi connectivity index (χ4v) is 2.33. The summed E-state index contributed by atoms with van der Waals surface area (Å²) < 4.78 is 5.17. The molecule has 0 spiro atoms. The zero-order valence-corrected chi connectivity index (χ0v) is 12.3. The summed E-state index contributed by atoms with van der Waals surface area (Å²) >= 11 is 0. The van der Waals surface area contributed by atoms with Crippen molar-refractivity contribution in [2.45, 2.75) is 13.1 Å². The number of nitrogens with one attached hydrogen (secondary N) is 2. The van der Waals surface area contributed by atoms with Gasteiger partial charge in [-0.1, -0.05) is 6.07 Å². The molecule has 0 atom stereocenters. The van der Waals surface area contributed by atoms with E-state index in [-0.39, 0.29) is 5.56 Å². The molecule has 2 heterocycles. The number of pyridine rings is 2. The highest BCUT2D eigenvalue weighted by Gasteiger charge is 2.04. The lowest BCUT2D eigenvalue weighted by atomic mass is 10.1. The third-order valence-corrected chi connectivity index (χ3v) is 3.50. The number of hydrogen-bond acceptors (Lipinski definition) is 4. The molecule has 0 aliphatic rings. The maximum atomic E-state index is 12.1. The van der Waals surface area contributed by atoms with Crippen LogP contribution < -0.4 is 15.6 Å². The van der Waals surface area contributed by atoms with Gasteiger partial charge < -0.3 is 15.0 Å². The molecular formula is C17H17N3O2. The van der Waals surface area contributed by atoms with E-state index >= 15 is 0 Å². The molecule has 3 rings (SSSR count). The minimum Gasteiger partial charge on any atom is -0.497 e. The number of hydrogen-bond donors (Lipinski definition) is 2. The zero-order valence-electron chi connectivity index (χ0n) is 12.3. The van der Waals surface area contributed by atoms with Crippen LogP contribution in [-0.2, 0) is 13.1 Å². The van der Waals surface area contributed by atoms with E-state index in [0.29, 0.717) is 18.7 Å². The molecule has 3 aromatic rings. The van der Waals surface area contributed by atoms with Crippen molar-refractivity contribution in [1.82, 2.24) is 15.3 Å². The van der Waals surface area contributed by atoms with Gasteiger partial charge in [-0.25, -0.2) is 0 Å².